The molecule has 0 radical (unpaired) electrons. The smallest absolute Gasteiger partial charge is 0.248 e. The van der Waals surface area contributed by atoms with Crippen molar-refractivity contribution in [3.63, 3.8) is 0 Å². The van der Waals surface area contributed by atoms with Gasteiger partial charge >= 0.3 is 0 Å². The average molecular weight is 328 g/mol. The third-order valence-corrected chi connectivity index (χ3v) is 2.66. The first kappa shape index (κ1) is 13.5. The van der Waals surface area contributed by atoms with Crippen LogP contribution in [0.5, 0.6) is 0 Å². The molecule has 0 aliphatic heterocycles. The van der Waals surface area contributed by atoms with Crippen molar-refractivity contribution in [2.24, 2.45) is 0 Å². The number of carbonyl (C=O) groups excluding carboxylic acids is 1. The molecule has 0 aliphatic carbocycles. The molecular formula is C13H8BrF2NO2. The second-order valence-corrected chi connectivity index (χ2v) is 4.50. The number of halogens is 3. The van der Waals surface area contributed by atoms with Crippen molar-refractivity contribution in [3.05, 3.63) is 58.5 Å². The third-order valence-electron chi connectivity index (χ3n) is 2.20. The zero-order valence-corrected chi connectivity index (χ0v) is 11.1. The third kappa shape index (κ3) is 3.51. The number of rotatable bonds is 3. The quantitative estimate of drug-likeness (QED) is 0.866. The van der Waals surface area contributed by atoms with Crippen LogP contribution in [0.3, 0.4) is 0 Å². The molecule has 98 valence electrons. The molecule has 1 aromatic heterocycles. The minimum absolute atomic E-state index is 0.256. The first-order chi connectivity index (χ1) is 9.06. The van der Waals surface area contributed by atoms with Crippen molar-refractivity contribution in [3.8, 4) is 0 Å². The largest absolute Gasteiger partial charge is 0.465 e. The molecule has 0 atom stereocenters. The SMILES string of the molecule is O=C(C=Cc1ccco1)Nc1c(F)cc(Br)cc1F. The summed E-state index contributed by atoms with van der Waals surface area (Å²) in [6.07, 6.45) is 3.97. The van der Waals surface area contributed by atoms with E-state index in [2.05, 4.69) is 21.2 Å². The number of furan rings is 1. The summed E-state index contributed by atoms with van der Waals surface area (Å²) in [4.78, 5) is 11.5. The second kappa shape index (κ2) is 5.79. The molecule has 0 saturated carbocycles. The number of hydrogen-bond donors (Lipinski definition) is 1. The van der Waals surface area contributed by atoms with Gasteiger partial charge in [-0.15, -0.1) is 0 Å². The number of benzene rings is 1. The summed E-state index contributed by atoms with van der Waals surface area (Å²) in [6, 6.07) is 5.43. The Kier molecular flexibility index (Phi) is 4.11. The number of amides is 1. The molecule has 0 spiro atoms. The van der Waals surface area contributed by atoms with Crippen LogP contribution in [0.4, 0.5) is 14.5 Å². The van der Waals surface area contributed by atoms with Gasteiger partial charge in [-0.1, -0.05) is 15.9 Å². The fourth-order valence-corrected chi connectivity index (χ4v) is 1.77. The van der Waals surface area contributed by atoms with E-state index in [9.17, 15) is 13.6 Å². The van der Waals surface area contributed by atoms with Crippen LogP contribution in [-0.4, -0.2) is 5.91 Å². The minimum Gasteiger partial charge on any atom is -0.465 e. The van der Waals surface area contributed by atoms with Crippen molar-refractivity contribution in [2.75, 3.05) is 5.32 Å². The highest BCUT2D eigenvalue weighted by Crippen LogP contribution is 2.23. The Balaban J connectivity index is 2.11. The summed E-state index contributed by atoms with van der Waals surface area (Å²) in [5.41, 5.74) is -0.489. The molecule has 0 saturated heterocycles. The highest BCUT2D eigenvalue weighted by molar-refractivity contribution is 9.10. The van der Waals surface area contributed by atoms with Gasteiger partial charge in [0.1, 0.15) is 11.4 Å². The summed E-state index contributed by atoms with van der Waals surface area (Å²) in [5.74, 6) is -1.90. The van der Waals surface area contributed by atoms with Crippen molar-refractivity contribution < 1.29 is 18.0 Å². The molecule has 6 heteroatoms. The number of carbonyl (C=O) groups is 1. The fraction of sp³-hybridized carbons (Fsp3) is 0. The van der Waals surface area contributed by atoms with Crippen LogP contribution in [0.1, 0.15) is 5.76 Å². The summed E-state index contributed by atoms with van der Waals surface area (Å²) in [6.45, 7) is 0. The molecule has 1 N–H and O–H groups in total. The standard InChI is InChI=1S/C13H8BrF2NO2/c14-8-6-10(15)13(11(16)7-8)17-12(18)4-3-9-2-1-5-19-9/h1-7H,(H,17,18). The Hall–Kier alpha value is -1.95. The van der Waals surface area contributed by atoms with Gasteiger partial charge in [0.05, 0.1) is 6.26 Å². The zero-order valence-electron chi connectivity index (χ0n) is 9.49. The van der Waals surface area contributed by atoms with Gasteiger partial charge in [-0.25, -0.2) is 8.78 Å². The van der Waals surface area contributed by atoms with E-state index in [1.54, 1.807) is 12.1 Å². The van der Waals surface area contributed by atoms with Gasteiger partial charge in [0.2, 0.25) is 5.91 Å². The van der Waals surface area contributed by atoms with E-state index in [1.807, 2.05) is 0 Å². The second-order valence-electron chi connectivity index (χ2n) is 3.58. The van der Waals surface area contributed by atoms with Crippen LogP contribution >= 0.6 is 15.9 Å². The van der Waals surface area contributed by atoms with Gasteiger partial charge in [-0.2, -0.15) is 0 Å². The summed E-state index contributed by atoms with van der Waals surface area (Å²) in [5, 5.41) is 2.13. The van der Waals surface area contributed by atoms with E-state index in [0.29, 0.717) is 5.76 Å². The van der Waals surface area contributed by atoms with Crippen LogP contribution in [0, 0.1) is 11.6 Å². The zero-order chi connectivity index (χ0) is 13.8. The van der Waals surface area contributed by atoms with Crippen molar-refractivity contribution in [1.29, 1.82) is 0 Å². The lowest BCUT2D eigenvalue weighted by molar-refractivity contribution is -0.111. The molecular weight excluding hydrogens is 320 g/mol. The number of anilines is 1. The summed E-state index contributed by atoms with van der Waals surface area (Å²) in [7, 11) is 0. The summed E-state index contributed by atoms with van der Waals surface area (Å²) >= 11 is 2.95. The minimum atomic E-state index is -0.855. The Morgan fingerprint density at radius 3 is 2.58 bits per heavy atom. The van der Waals surface area contributed by atoms with Crippen LogP contribution < -0.4 is 5.32 Å². The highest BCUT2D eigenvalue weighted by Gasteiger charge is 2.12. The van der Waals surface area contributed by atoms with Crippen LogP contribution in [0.15, 0.2) is 45.5 Å². The van der Waals surface area contributed by atoms with E-state index < -0.39 is 23.2 Å². The van der Waals surface area contributed by atoms with E-state index in [0.717, 1.165) is 18.2 Å². The lowest BCUT2D eigenvalue weighted by atomic mass is 10.3. The van der Waals surface area contributed by atoms with E-state index >= 15 is 0 Å². The van der Waals surface area contributed by atoms with Gasteiger partial charge < -0.3 is 9.73 Å². The number of nitrogens with one attached hydrogen (secondary N) is 1. The molecule has 1 aromatic carbocycles. The molecule has 2 rings (SSSR count). The Morgan fingerprint density at radius 1 is 1.32 bits per heavy atom. The van der Waals surface area contributed by atoms with Crippen molar-refractivity contribution >= 4 is 33.6 Å². The van der Waals surface area contributed by atoms with E-state index in [1.165, 1.54) is 12.3 Å². The van der Waals surface area contributed by atoms with Gasteiger partial charge in [-0.3, -0.25) is 4.79 Å². The predicted molar refractivity (Wildman–Crippen MR) is 70.4 cm³/mol. The molecule has 2 aromatic rings. The maximum atomic E-state index is 13.5. The van der Waals surface area contributed by atoms with Gasteiger partial charge in [-0.05, 0) is 30.3 Å². The molecule has 1 heterocycles. The Labute approximate surface area is 116 Å². The maximum absolute atomic E-state index is 13.5. The van der Waals surface area contributed by atoms with Crippen molar-refractivity contribution in [1.82, 2.24) is 0 Å². The first-order valence-electron chi connectivity index (χ1n) is 5.23. The van der Waals surface area contributed by atoms with Crippen LogP contribution in [-0.2, 0) is 4.79 Å². The summed E-state index contributed by atoms with van der Waals surface area (Å²) < 4.78 is 32.1. The topological polar surface area (TPSA) is 42.2 Å². The first-order valence-corrected chi connectivity index (χ1v) is 6.02. The van der Waals surface area contributed by atoms with Crippen LogP contribution in [0.25, 0.3) is 6.08 Å². The lowest BCUT2D eigenvalue weighted by Gasteiger charge is -2.05. The molecule has 0 unspecified atom stereocenters. The number of hydrogen-bond acceptors (Lipinski definition) is 2. The lowest BCUT2D eigenvalue weighted by Crippen LogP contribution is -2.11. The monoisotopic (exact) mass is 327 g/mol. The van der Waals surface area contributed by atoms with E-state index in [4.69, 9.17) is 4.42 Å². The fourth-order valence-electron chi connectivity index (χ4n) is 1.37. The predicted octanol–water partition coefficient (Wildman–Crippen LogP) is 3.97. The molecule has 0 bridgehead atoms. The maximum Gasteiger partial charge on any atom is 0.248 e. The molecule has 1 amide bonds. The van der Waals surface area contributed by atoms with Gasteiger partial charge in [0, 0.05) is 10.5 Å². The van der Waals surface area contributed by atoms with E-state index in [-0.39, 0.29) is 4.47 Å². The normalized spacial score (nSPS) is 10.9. The molecule has 0 aliphatic rings. The van der Waals surface area contributed by atoms with Gasteiger partial charge in [0.25, 0.3) is 0 Å². The average Bonchev–Trinajstić information content (AvgIpc) is 2.84. The Morgan fingerprint density at radius 2 is 2.00 bits per heavy atom. The van der Waals surface area contributed by atoms with Crippen LogP contribution in [0.2, 0.25) is 0 Å². The molecule has 19 heavy (non-hydrogen) atoms. The Bertz CT molecular complexity index is 601. The van der Waals surface area contributed by atoms with Gasteiger partial charge in [0.15, 0.2) is 11.6 Å². The van der Waals surface area contributed by atoms with Crippen molar-refractivity contribution in [2.45, 2.75) is 0 Å². The highest BCUT2D eigenvalue weighted by atomic mass is 79.9. The molecule has 3 nitrogen and oxygen atoms in total. The molecule has 0 fully saturated rings.